The number of unbranched alkanes of at least 4 members (excludes halogenated alkanes) is 29. The summed E-state index contributed by atoms with van der Waals surface area (Å²) in [7, 11) is 0. The van der Waals surface area contributed by atoms with E-state index in [9.17, 15) is 30.3 Å². The van der Waals surface area contributed by atoms with E-state index in [2.05, 4.69) is 153 Å². The molecule has 1 aliphatic rings. The Kier molecular flexibility index (Phi) is 61.6. The van der Waals surface area contributed by atoms with Gasteiger partial charge in [0.05, 0.1) is 25.4 Å². The Morgan fingerprint density at radius 1 is 0.398 bits per heavy atom. The molecule has 1 saturated heterocycles. The highest BCUT2D eigenvalue weighted by Gasteiger charge is 2.44. The van der Waals surface area contributed by atoms with Crippen LogP contribution in [0.25, 0.3) is 0 Å². The van der Waals surface area contributed by atoms with Gasteiger partial charge in [-0.3, -0.25) is 4.79 Å². The van der Waals surface area contributed by atoms with Gasteiger partial charge in [-0.05, 0) is 116 Å². The number of nitrogens with one attached hydrogen (secondary N) is 1. The number of aliphatic hydroxyl groups is 5. The van der Waals surface area contributed by atoms with Crippen molar-refractivity contribution in [2.75, 3.05) is 13.2 Å². The number of carbonyl (C=O) groups is 1. The number of hydrogen-bond donors (Lipinski definition) is 6. The van der Waals surface area contributed by atoms with Gasteiger partial charge in [0.1, 0.15) is 24.4 Å². The largest absolute Gasteiger partial charge is 0.394 e. The van der Waals surface area contributed by atoms with Gasteiger partial charge < -0.3 is 40.3 Å². The van der Waals surface area contributed by atoms with E-state index in [1.165, 1.54) is 141 Å². The lowest BCUT2D eigenvalue weighted by Crippen LogP contribution is -2.60. The Morgan fingerprint density at radius 3 is 1.09 bits per heavy atom. The molecule has 0 radical (unpaired) electrons. The van der Waals surface area contributed by atoms with Crippen LogP contribution in [0.4, 0.5) is 0 Å². The fourth-order valence-electron chi connectivity index (χ4n) is 10.5. The third kappa shape index (κ3) is 53.9. The number of amides is 1. The van der Waals surface area contributed by atoms with Crippen molar-refractivity contribution in [2.45, 2.75) is 333 Å². The molecule has 88 heavy (non-hydrogen) atoms. The predicted molar refractivity (Wildman–Crippen MR) is 377 cm³/mol. The average molecular weight is 1220 g/mol. The van der Waals surface area contributed by atoms with E-state index in [4.69, 9.17) is 9.47 Å². The third-order valence-electron chi connectivity index (χ3n) is 16.1. The summed E-state index contributed by atoms with van der Waals surface area (Å²) >= 11 is 0. The summed E-state index contributed by atoms with van der Waals surface area (Å²) < 4.78 is 11.3. The van der Waals surface area contributed by atoms with Gasteiger partial charge in [-0.15, -0.1) is 0 Å². The zero-order chi connectivity index (χ0) is 63.5. The first kappa shape index (κ1) is 82.1. The molecule has 7 atom stereocenters. The van der Waals surface area contributed by atoms with Crippen LogP contribution in [0, 0.1) is 0 Å². The maximum absolute atomic E-state index is 13.1. The lowest BCUT2D eigenvalue weighted by atomic mass is 9.99. The van der Waals surface area contributed by atoms with Crippen LogP contribution in [0.3, 0.4) is 0 Å². The van der Waals surface area contributed by atoms with Crippen LogP contribution in [0.5, 0.6) is 0 Å². The first-order valence-corrected chi connectivity index (χ1v) is 36.1. The van der Waals surface area contributed by atoms with Gasteiger partial charge in [0.2, 0.25) is 5.91 Å². The van der Waals surface area contributed by atoms with Gasteiger partial charge in [-0.1, -0.05) is 314 Å². The van der Waals surface area contributed by atoms with Gasteiger partial charge in [0.25, 0.3) is 0 Å². The second kappa shape index (κ2) is 66.0. The number of aliphatic hydroxyl groups excluding tert-OH is 5. The van der Waals surface area contributed by atoms with E-state index < -0.39 is 49.5 Å². The summed E-state index contributed by atoms with van der Waals surface area (Å²) in [5.74, 6) is -0.214. The van der Waals surface area contributed by atoms with Crippen LogP contribution in [-0.2, 0) is 14.3 Å². The van der Waals surface area contributed by atoms with Crippen molar-refractivity contribution in [1.82, 2.24) is 5.32 Å². The van der Waals surface area contributed by atoms with Gasteiger partial charge in [-0.2, -0.15) is 0 Å². The van der Waals surface area contributed by atoms with Crippen molar-refractivity contribution < 1.29 is 39.8 Å². The standard InChI is InChI=1S/C79H133NO8/c1-3-5-7-9-11-13-15-17-19-21-23-25-27-29-31-33-35-37-39-41-43-45-47-49-51-53-55-57-59-61-63-65-67-69-75(83)80-72(71-87-79-78(86)77(85)76(84)74(70-81)88-79)73(82)68-66-64-62-60-58-56-54-52-50-48-46-44-42-40-38-36-34-32-30-28-26-24-22-20-18-16-14-12-10-8-6-4-2/h5,7,11,13,17,19,23,25,29,31,35,37,41,43,47,49-50,52-53,55,58,60,66,68,72-74,76-79,81-82,84-86H,3-4,6,8-10,12,14-16,18,20-22,24,26-28,30,32-34,36,38-40,42,44-46,48,51,54,56-57,59,61-65,67,69-71H2,1-2H3,(H,80,83)/b7-5-,13-11-,19-17-,25-23-,31-29-,37-35-,43-41-,49-47-,52-50+,55-53-,60-58+,68-66+. The molecule has 0 bridgehead atoms. The lowest BCUT2D eigenvalue weighted by molar-refractivity contribution is -0.302. The summed E-state index contributed by atoms with van der Waals surface area (Å²) in [6.45, 7) is 3.65. The van der Waals surface area contributed by atoms with Crippen LogP contribution in [0.1, 0.15) is 290 Å². The highest BCUT2D eigenvalue weighted by Crippen LogP contribution is 2.23. The second-order valence-electron chi connectivity index (χ2n) is 24.3. The van der Waals surface area contributed by atoms with Crippen LogP contribution in [-0.4, -0.2) is 87.5 Å². The monoisotopic (exact) mass is 1220 g/mol. The molecule has 1 heterocycles. The minimum Gasteiger partial charge on any atom is -0.394 e. The summed E-state index contributed by atoms with van der Waals surface area (Å²) in [4.78, 5) is 13.1. The molecule has 1 aliphatic heterocycles. The van der Waals surface area contributed by atoms with E-state index in [0.717, 1.165) is 128 Å². The second-order valence-corrected chi connectivity index (χ2v) is 24.3. The van der Waals surface area contributed by atoms with Gasteiger partial charge in [0, 0.05) is 6.42 Å². The highest BCUT2D eigenvalue weighted by molar-refractivity contribution is 5.76. The van der Waals surface area contributed by atoms with Gasteiger partial charge in [-0.25, -0.2) is 0 Å². The molecular weight excluding hydrogens is 1090 g/mol. The van der Waals surface area contributed by atoms with Crippen molar-refractivity contribution in [3.8, 4) is 0 Å². The van der Waals surface area contributed by atoms with E-state index >= 15 is 0 Å². The SMILES string of the molecule is CC/C=C\C/C=C\C/C=C\C/C=C\C/C=C\C/C=C\C/C=C\C/C=C\C/C=C\CCCCCCCC(=O)NC(COC1OC(CO)C(O)C(O)C1O)C(O)/C=C/CC/C=C/CC/C=C/CCCCCCCCCCCCCCCCCCCCCCCC. The molecule has 0 aromatic rings. The van der Waals surface area contributed by atoms with Crippen LogP contribution in [0.15, 0.2) is 146 Å². The molecule has 0 saturated carbocycles. The zero-order valence-corrected chi connectivity index (χ0v) is 56.2. The first-order valence-electron chi connectivity index (χ1n) is 36.1. The van der Waals surface area contributed by atoms with Crippen molar-refractivity contribution in [3.05, 3.63) is 146 Å². The summed E-state index contributed by atoms with van der Waals surface area (Å²) in [5, 5.41) is 54.7. The van der Waals surface area contributed by atoms with Gasteiger partial charge in [0.15, 0.2) is 6.29 Å². The minimum absolute atomic E-state index is 0.214. The minimum atomic E-state index is -1.59. The molecule has 0 aliphatic carbocycles. The molecule has 1 rings (SSSR count). The van der Waals surface area contributed by atoms with Crippen LogP contribution in [0.2, 0.25) is 0 Å². The summed E-state index contributed by atoms with van der Waals surface area (Å²) in [6.07, 6.45) is 95.3. The van der Waals surface area contributed by atoms with E-state index in [0.29, 0.717) is 6.42 Å². The fraction of sp³-hybridized carbons (Fsp3) is 0.684. The first-order chi connectivity index (χ1) is 43.3. The quantitative estimate of drug-likeness (QED) is 0.0261. The normalized spacial score (nSPS) is 18.8. The van der Waals surface area contributed by atoms with Crippen molar-refractivity contribution in [1.29, 1.82) is 0 Å². The predicted octanol–water partition coefficient (Wildman–Crippen LogP) is 20.1. The molecule has 1 amide bonds. The van der Waals surface area contributed by atoms with Crippen LogP contribution >= 0.6 is 0 Å². The van der Waals surface area contributed by atoms with Crippen molar-refractivity contribution >= 4 is 5.91 Å². The highest BCUT2D eigenvalue weighted by atomic mass is 16.7. The molecule has 0 aromatic carbocycles. The average Bonchev–Trinajstić information content (AvgIpc) is 3.65. The Labute approximate surface area is 540 Å². The molecule has 502 valence electrons. The molecule has 1 fully saturated rings. The zero-order valence-electron chi connectivity index (χ0n) is 56.2. The Bertz CT molecular complexity index is 1900. The molecule has 0 spiro atoms. The molecule has 7 unspecified atom stereocenters. The van der Waals surface area contributed by atoms with E-state index in [1.54, 1.807) is 6.08 Å². The summed E-state index contributed by atoms with van der Waals surface area (Å²) in [5.41, 5.74) is 0. The fourth-order valence-corrected chi connectivity index (χ4v) is 10.5. The number of carbonyl (C=O) groups excluding carboxylic acids is 1. The Morgan fingerprint density at radius 2 is 0.716 bits per heavy atom. The molecular formula is C79H133NO8. The Hall–Kier alpha value is -3.93. The molecule has 9 heteroatoms. The number of rotatable bonds is 61. The van der Waals surface area contributed by atoms with E-state index in [1.807, 2.05) is 6.08 Å². The molecule has 0 aromatic heterocycles. The van der Waals surface area contributed by atoms with Crippen molar-refractivity contribution in [2.24, 2.45) is 0 Å². The third-order valence-corrected chi connectivity index (χ3v) is 16.1. The Balaban J connectivity index is 2.21. The van der Waals surface area contributed by atoms with E-state index in [-0.39, 0.29) is 12.5 Å². The summed E-state index contributed by atoms with van der Waals surface area (Å²) in [6, 6.07) is -0.853. The van der Waals surface area contributed by atoms with Gasteiger partial charge >= 0.3 is 0 Å². The smallest absolute Gasteiger partial charge is 0.220 e. The lowest BCUT2D eigenvalue weighted by Gasteiger charge is -2.40. The molecule has 6 N–H and O–H groups in total. The maximum Gasteiger partial charge on any atom is 0.220 e. The number of allylic oxidation sites excluding steroid dienone is 23. The maximum atomic E-state index is 13.1. The van der Waals surface area contributed by atoms with Crippen LogP contribution < -0.4 is 5.32 Å². The topological polar surface area (TPSA) is 149 Å². The number of hydrogen-bond acceptors (Lipinski definition) is 8. The number of ether oxygens (including phenoxy) is 2. The molecule has 9 nitrogen and oxygen atoms in total. The van der Waals surface area contributed by atoms with Crippen molar-refractivity contribution in [3.63, 3.8) is 0 Å².